The third-order valence-electron chi connectivity index (χ3n) is 3.89. The highest BCUT2D eigenvalue weighted by atomic mass is 19.1. The molecule has 144 valence electrons. The molecule has 0 bridgehead atoms. The monoisotopic (exact) mass is 374 g/mol. The van der Waals surface area contributed by atoms with Gasteiger partial charge in [0.25, 0.3) is 5.56 Å². The maximum atomic E-state index is 13.2. The van der Waals surface area contributed by atoms with E-state index < -0.39 is 23.0 Å². The van der Waals surface area contributed by atoms with Crippen molar-refractivity contribution in [3.05, 3.63) is 62.6 Å². The molecule has 0 saturated heterocycles. The predicted molar refractivity (Wildman–Crippen MR) is 104 cm³/mol. The lowest BCUT2D eigenvalue weighted by molar-refractivity contribution is -0.111. The van der Waals surface area contributed by atoms with Gasteiger partial charge in [0, 0.05) is 19.2 Å². The van der Waals surface area contributed by atoms with Crippen molar-refractivity contribution in [2.45, 2.75) is 39.8 Å². The van der Waals surface area contributed by atoms with E-state index in [1.165, 1.54) is 34.9 Å². The maximum absolute atomic E-state index is 13.2. The number of halogens is 1. The summed E-state index contributed by atoms with van der Waals surface area (Å²) in [6, 6.07) is 5.73. The highest BCUT2D eigenvalue weighted by Crippen LogP contribution is 2.12. The van der Waals surface area contributed by atoms with E-state index >= 15 is 0 Å². The second-order valence-electron chi connectivity index (χ2n) is 6.03. The molecular formula is C19H23FN4O3. The lowest BCUT2D eigenvalue weighted by Gasteiger charge is -2.16. The van der Waals surface area contributed by atoms with Crippen molar-refractivity contribution in [3.8, 4) is 0 Å². The van der Waals surface area contributed by atoms with Gasteiger partial charge in [-0.2, -0.15) is 0 Å². The number of nitrogens with two attached hydrogens (primary N) is 1. The Hall–Kier alpha value is -3.16. The zero-order valence-electron chi connectivity index (χ0n) is 15.4. The summed E-state index contributed by atoms with van der Waals surface area (Å²) < 4.78 is 15.5. The Morgan fingerprint density at radius 1 is 1.19 bits per heavy atom. The molecule has 0 unspecified atom stereocenters. The molecule has 3 N–H and O–H groups in total. The SMILES string of the molecule is CCCn1c(N)c(NC(=O)/C=C/c2cccc(F)c2)c(=O)n(CCC)c1=O. The third-order valence-corrected chi connectivity index (χ3v) is 3.89. The van der Waals surface area contributed by atoms with Gasteiger partial charge in [-0.25, -0.2) is 9.18 Å². The molecule has 2 aromatic rings. The van der Waals surface area contributed by atoms with Gasteiger partial charge < -0.3 is 11.1 Å². The van der Waals surface area contributed by atoms with Crippen molar-refractivity contribution in [2.75, 3.05) is 11.1 Å². The van der Waals surface area contributed by atoms with Crippen LogP contribution in [-0.4, -0.2) is 15.0 Å². The first kappa shape index (κ1) is 20.2. The van der Waals surface area contributed by atoms with Gasteiger partial charge in [-0.3, -0.25) is 18.7 Å². The molecule has 2 rings (SSSR count). The van der Waals surface area contributed by atoms with Crippen molar-refractivity contribution in [1.29, 1.82) is 0 Å². The number of hydrogen-bond donors (Lipinski definition) is 2. The number of carbonyl (C=O) groups is 1. The second kappa shape index (κ2) is 8.98. The summed E-state index contributed by atoms with van der Waals surface area (Å²) in [7, 11) is 0. The summed E-state index contributed by atoms with van der Waals surface area (Å²) in [4.78, 5) is 37.3. The Morgan fingerprint density at radius 2 is 1.85 bits per heavy atom. The van der Waals surface area contributed by atoms with Crippen LogP contribution in [0.3, 0.4) is 0 Å². The largest absolute Gasteiger partial charge is 0.383 e. The molecule has 0 aliphatic heterocycles. The van der Waals surface area contributed by atoms with Gasteiger partial charge in [0.1, 0.15) is 17.3 Å². The third kappa shape index (κ3) is 4.72. The molecule has 0 aliphatic carbocycles. The number of rotatable bonds is 7. The quantitative estimate of drug-likeness (QED) is 0.726. The van der Waals surface area contributed by atoms with Crippen LogP contribution in [0, 0.1) is 5.82 Å². The molecule has 1 amide bonds. The van der Waals surface area contributed by atoms with E-state index in [0.29, 0.717) is 24.9 Å². The molecule has 0 fully saturated rings. The van der Waals surface area contributed by atoms with Gasteiger partial charge >= 0.3 is 5.69 Å². The Kier molecular flexibility index (Phi) is 6.70. The number of amides is 1. The van der Waals surface area contributed by atoms with Crippen LogP contribution in [-0.2, 0) is 17.9 Å². The molecule has 0 radical (unpaired) electrons. The zero-order chi connectivity index (χ0) is 20.0. The first-order valence-electron chi connectivity index (χ1n) is 8.76. The molecule has 1 aromatic carbocycles. The van der Waals surface area contributed by atoms with Gasteiger partial charge in [0.15, 0.2) is 0 Å². The molecule has 7 nitrogen and oxygen atoms in total. The predicted octanol–water partition coefficient (Wildman–Crippen LogP) is 2.20. The van der Waals surface area contributed by atoms with Crippen LogP contribution in [0.5, 0.6) is 0 Å². The van der Waals surface area contributed by atoms with Crippen LogP contribution in [0.25, 0.3) is 6.08 Å². The van der Waals surface area contributed by atoms with Crippen molar-refractivity contribution in [2.24, 2.45) is 0 Å². The Balaban J connectivity index is 2.38. The van der Waals surface area contributed by atoms with Gasteiger partial charge in [0.05, 0.1) is 0 Å². The van der Waals surface area contributed by atoms with Gasteiger partial charge in [-0.1, -0.05) is 26.0 Å². The van der Waals surface area contributed by atoms with Crippen LogP contribution in [0.2, 0.25) is 0 Å². The number of nitrogens with one attached hydrogen (secondary N) is 1. The van der Waals surface area contributed by atoms with E-state index in [0.717, 1.165) is 4.57 Å². The average molecular weight is 374 g/mol. The molecule has 0 spiro atoms. The molecular weight excluding hydrogens is 351 g/mol. The van der Waals surface area contributed by atoms with Crippen molar-refractivity contribution >= 4 is 23.5 Å². The molecule has 27 heavy (non-hydrogen) atoms. The van der Waals surface area contributed by atoms with Gasteiger partial charge in [-0.05, 0) is 36.6 Å². The maximum Gasteiger partial charge on any atom is 0.332 e. The van der Waals surface area contributed by atoms with Crippen LogP contribution >= 0.6 is 0 Å². The van der Waals surface area contributed by atoms with Crippen LogP contribution < -0.4 is 22.3 Å². The topological polar surface area (TPSA) is 99.1 Å². The molecule has 0 atom stereocenters. The number of anilines is 2. The van der Waals surface area contributed by atoms with Crippen LogP contribution in [0.15, 0.2) is 39.9 Å². The minimum atomic E-state index is -0.640. The number of nitrogen functional groups attached to an aromatic ring is 1. The van der Waals surface area contributed by atoms with E-state index in [2.05, 4.69) is 5.32 Å². The summed E-state index contributed by atoms with van der Waals surface area (Å²) in [6.07, 6.45) is 3.81. The number of nitrogens with zero attached hydrogens (tertiary/aromatic N) is 2. The standard InChI is InChI=1S/C19H23FN4O3/c1-3-10-23-17(21)16(18(26)24(11-4-2)19(23)27)22-15(25)9-8-13-6-5-7-14(20)12-13/h5-9,12H,3-4,10-11,21H2,1-2H3,(H,22,25)/b9-8+. The van der Waals surface area contributed by atoms with Crippen molar-refractivity contribution in [1.82, 2.24) is 9.13 Å². The smallest absolute Gasteiger partial charge is 0.332 e. The fourth-order valence-electron chi connectivity index (χ4n) is 2.64. The van der Waals surface area contributed by atoms with E-state index in [1.54, 1.807) is 6.07 Å². The first-order chi connectivity index (χ1) is 12.9. The van der Waals surface area contributed by atoms with Crippen molar-refractivity contribution < 1.29 is 9.18 Å². The van der Waals surface area contributed by atoms with E-state index in [-0.39, 0.29) is 18.1 Å². The van der Waals surface area contributed by atoms with E-state index in [4.69, 9.17) is 5.73 Å². The van der Waals surface area contributed by atoms with Crippen molar-refractivity contribution in [3.63, 3.8) is 0 Å². The summed E-state index contributed by atoms with van der Waals surface area (Å²) in [5.74, 6) is -1.10. The minimum absolute atomic E-state index is 0.0771. The summed E-state index contributed by atoms with van der Waals surface area (Å²) in [5.41, 5.74) is 5.21. The normalized spacial score (nSPS) is 11.1. The van der Waals surface area contributed by atoms with E-state index in [9.17, 15) is 18.8 Å². The zero-order valence-corrected chi connectivity index (χ0v) is 15.4. The summed E-state index contributed by atoms with van der Waals surface area (Å²) >= 11 is 0. The van der Waals surface area contributed by atoms with Gasteiger partial charge in [-0.15, -0.1) is 0 Å². The van der Waals surface area contributed by atoms with Crippen LogP contribution in [0.4, 0.5) is 15.9 Å². The number of carbonyl (C=O) groups excluding carboxylic acids is 1. The second-order valence-corrected chi connectivity index (χ2v) is 6.03. The highest BCUT2D eigenvalue weighted by molar-refractivity contribution is 6.03. The highest BCUT2D eigenvalue weighted by Gasteiger charge is 2.17. The summed E-state index contributed by atoms with van der Waals surface area (Å²) in [5, 5.41) is 2.45. The Morgan fingerprint density at radius 3 is 2.48 bits per heavy atom. The molecule has 8 heteroatoms. The lowest BCUT2D eigenvalue weighted by atomic mass is 10.2. The number of hydrogen-bond acceptors (Lipinski definition) is 4. The average Bonchev–Trinajstić information content (AvgIpc) is 2.64. The lowest BCUT2D eigenvalue weighted by Crippen LogP contribution is -2.42. The summed E-state index contributed by atoms with van der Waals surface area (Å²) in [6.45, 7) is 4.27. The number of aromatic nitrogens is 2. The van der Waals surface area contributed by atoms with Gasteiger partial charge in [0.2, 0.25) is 5.91 Å². The molecule has 1 aromatic heterocycles. The Labute approximate surface area is 155 Å². The Bertz CT molecular complexity index is 976. The minimum Gasteiger partial charge on any atom is -0.383 e. The first-order valence-corrected chi connectivity index (χ1v) is 8.76. The molecule has 0 saturated carbocycles. The molecule has 1 heterocycles. The van der Waals surface area contributed by atoms with Crippen LogP contribution in [0.1, 0.15) is 32.3 Å². The fraction of sp³-hybridized carbons (Fsp3) is 0.316. The van der Waals surface area contributed by atoms with E-state index in [1.807, 2.05) is 13.8 Å². The fourth-order valence-corrected chi connectivity index (χ4v) is 2.64. The number of benzene rings is 1. The molecule has 0 aliphatic rings.